The zero-order valence-corrected chi connectivity index (χ0v) is 18.1. The molecule has 0 radical (unpaired) electrons. The van der Waals surface area contributed by atoms with Crippen LogP contribution in [0.3, 0.4) is 0 Å². The summed E-state index contributed by atoms with van der Waals surface area (Å²) in [6.07, 6.45) is -0.278. The number of amides is 1. The van der Waals surface area contributed by atoms with E-state index in [4.69, 9.17) is 14.2 Å². The maximum absolute atomic E-state index is 12.3. The molecule has 0 saturated heterocycles. The normalized spacial score (nSPS) is 11.6. The number of carbonyl (C=O) groups is 1. The average Bonchev–Trinajstić information content (AvgIpc) is 3.13. The van der Waals surface area contributed by atoms with Gasteiger partial charge in [0.2, 0.25) is 5.91 Å². The third-order valence-electron chi connectivity index (χ3n) is 4.29. The summed E-state index contributed by atoms with van der Waals surface area (Å²) in [6, 6.07) is 14.7. The predicted octanol–water partition coefficient (Wildman–Crippen LogP) is 3.70. The van der Waals surface area contributed by atoms with E-state index in [-0.39, 0.29) is 17.8 Å². The van der Waals surface area contributed by atoms with Crippen molar-refractivity contribution in [2.24, 2.45) is 7.05 Å². The van der Waals surface area contributed by atoms with Crippen LogP contribution in [-0.2, 0) is 11.8 Å². The quantitative estimate of drug-likeness (QED) is 0.520. The van der Waals surface area contributed by atoms with Crippen molar-refractivity contribution in [2.45, 2.75) is 18.2 Å². The van der Waals surface area contributed by atoms with Gasteiger partial charge in [-0.3, -0.25) is 4.79 Å². The van der Waals surface area contributed by atoms with E-state index in [0.29, 0.717) is 28.2 Å². The Kier molecular flexibility index (Phi) is 7.18. The first-order valence-corrected chi connectivity index (χ1v) is 10.3. The number of benzene rings is 2. The summed E-state index contributed by atoms with van der Waals surface area (Å²) in [7, 11) is 4.97. The van der Waals surface area contributed by atoms with Crippen LogP contribution in [0.15, 0.2) is 53.7 Å². The molecular formula is C21H24N4O4S. The first-order chi connectivity index (χ1) is 14.5. The molecule has 2 aromatic carbocycles. The molecule has 1 amide bonds. The summed E-state index contributed by atoms with van der Waals surface area (Å²) in [4.78, 5) is 12.3. The zero-order chi connectivity index (χ0) is 21.5. The van der Waals surface area contributed by atoms with Crippen LogP contribution >= 0.6 is 11.8 Å². The minimum absolute atomic E-state index is 0.162. The Morgan fingerprint density at radius 3 is 2.53 bits per heavy atom. The summed E-state index contributed by atoms with van der Waals surface area (Å²) in [5.41, 5.74) is 0.627. The van der Waals surface area contributed by atoms with Crippen molar-refractivity contribution in [1.29, 1.82) is 0 Å². The van der Waals surface area contributed by atoms with Crippen LogP contribution in [0.4, 0.5) is 5.69 Å². The maximum Gasteiger partial charge on any atom is 0.234 e. The van der Waals surface area contributed by atoms with Gasteiger partial charge >= 0.3 is 0 Å². The summed E-state index contributed by atoms with van der Waals surface area (Å²) in [5.74, 6) is 2.62. The number of anilines is 1. The molecule has 30 heavy (non-hydrogen) atoms. The lowest BCUT2D eigenvalue weighted by Gasteiger charge is -2.14. The molecule has 1 heterocycles. The summed E-state index contributed by atoms with van der Waals surface area (Å²) in [6.45, 7) is 1.91. The van der Waals surface area contributed by atoms with Crippen molar-refractivity contribution in [3.8, 4) is 17.2 Å². The van der Waals surface area contributed by atoms with Gasteiger partial charge in [-0.05, 0) is 31.2 Å². The second-order valence-electron chi connectivity index (χ2n) is 6.38. The van der Waals surface area contributed by atoms with Crippen molar-refractivity contribution in [3.05, 3.63) is 54.4 Å². The molecule has 0 aliphatic carbocycles. The molecule has 8 nitrogen and oxygen atoms in total. The fraction of sp³-hybridized carbons (Fsp3) is 0.286. The van der Waals surface area contributed by atoms with Crippen LogP contribution in [0, 0.1) is 0 Å². The zero-order valence-electron chi connectivity index (χ0n) is 17.3. The van der Waals surface area contributed by atoms with Gasteiger partial charge in [-0.2, -0.15) is 0 Å². The topological polar surface area (TPSA) is 87.5 Å². The number of hydrogen-bond acceptors (Lipinski definition) is 7. The smallest absolute Gasteiger partial charge is 0.234 e. The second-order valence-corrected chi connectivity index (χ2v) is 7.32. The molecule has 9 heteroatoms. The molecule has 0 spiro atoms. The number of hydrogen-bond donors (Lipinski definition) is 1. The summed E-state index contributed by atoms with van der Waals surface area (Å²) < 4.78 is 18.2. The Hall–Kier alpha value is -3.20. The van der Waals surface area contributed by atoms with Crippen molar-refractivity contribution < 1.29 is 19.0 Å². The highest BCUT2D eigenvalue weighted by atomic mass is 32.2. The molecule has 0 fully saturated rings. The lowest BCUT2D eigenvalue weighted by Crippen LogP contribution is -2.15. The minimum Gasteiger partial charge on any atom is -0.493 e. The highest BCUT2D eigenvalue weighted by Gasteiger charge is 2.18. The Labute approximate surface area is 179 Å². The van der Waals surface area contributed by atoms with Crippen LogP contribution in [0.5, 0.6) is 17.2 Å². The summed E-state index contributed by atoms with van der Waals surface area (Å²) in [5, 5.41) is 11.9. The molecular weight excluding hydrogens is 404 g/mol. The summed E-state index contributed by atoms with van der Waals surface area (Å²) >= 11 is 1.30. The van der Waals surface area contributed by atoms with Gasteiger partial charge in [0, 0.05) is 18.8 Å². The Balaban J connectivity index is 1.58. The third-order valence-corrected chi connectivity index (χ3v) is 5.31. The minimum atomic E-state index is -0.278. The fourth-order valence-corrected chi connectivity index (χ4v) is 3.52. The van der Waals surface area contributed by atoms with E-state index in [2.05, 4.69) is 15.5 Å². The van der Waals surface area contributed by atoms with Crippen LogP contribution in [0.2, 0.25) is 0 Å². The number of para-hydroxylation sites is 1. The van der Waals surface area contributed by atoms with Crippen molar-refractivity contribution >= 4 is 23.4 Å². The van der Waals surface area contributed by atoms with Gasteiger partial charge in [0.15, 0.2) is 28.6 Å². The Morgan fingerprint density at radius 2 is 1.83 bits per heavy atom. The number of aromatic nitrogens is 3. The lowest BCUT2D eigenvalue weighted by molar-refractivity contribution is -0.113. The van der Waals surface area contributed by atoms with Crippen LogP contribution in [-0.4, -0.2) is 40.6 Å². The number of carbonyl (C=O) groups excluding carboxylic acids is 1. The van der Waals surface area contributed by atoms with Crippen LogP contribution < -0.4 is 19.5 Å². The lowest BCUT2D eigenvalue weighted by atomic mass is 10.2. The van der Waals surface area contributed by atoms with Gasteiger partial charge < -0.3 is 24.1 Å². The van der Waals surface area contributed by atoms with Gasteiger partial charge in [0.1, 0.15) is 5.75 Å². The fourth-order valence-electron chi connectivity index (χ4n) is 2.80. The van der Waals surface area contributed by atoms with Gasteiger partial charge in [0.25, 0.3) is 0 Å². The molecule has 0 aliphatic rings. The number of nitrogens with one attached hydrogen (secondary N) is 1. The van der Waals surface area contributed by atoms with E-state index in [0.717, 1.165) is 5.75 Å². The van der Waals surface area contributed by atoms with Crippen LogP contribution in [0.25, 0.3) is 0 Å². The Morgan fingerprint density at radius 1 is 1.10 bits per heavy atom. The number of ether oxygens (including phenoxy) is 3. The van der Waals surface area contributed by atoms with Crippen LogP contribution in [0.1, 0.15) is 18.9 Å². The molecule has 0 aliphatic heterocycles. The van der Waals surface area contributed by atoms with Gasteiger partial charge in [-0.1, -0.05) is 30.0 Å². The van der Waals surface area contributed by atoms with E-state index in [9.17, 15) is 4.79 Å². The Bertz CT molecular complexity index is 994. The van der Waals surface area contributed by atoms with E-state index in [1.807, 2.05) is 48.9 Å². The van der Waals surface area contributed by atoms with E-state index >= 15 is 0 Å². The van der Waals surface area contributed by atoms with Gasteiger partial charge in [-0.15, -0.1) is 10.2 Å². The van der Waals surface area contributed by atoms with Gasteiger partial charge in [-0.25, -0.2) is 0 Å². The van der Waals surface area contributed by atoms with E-state index in [1.165, 1.54) is 11.8 Å². The molecule has 0 saturated carbocycles. The van der Waals surface area contributed by atoms with E-state index in [1.54, 1.807) is 32.4 Å². The second kappa shape index (κ2) is 10.0. The maximum atomic E-state index is 12.3. The molecule has 0 unspecified atom stereocenters. The predicted molar refractivity (Wildman–Crippen MR) is 115 cm³/mol. The van der Waals surface area contributed by atoms with Crippen molar-refractivity contribution in [1.82, 2.24) is 14.8 Å². The molecule has 1 N–H and O–H groups in total. The van der Waals surface area contributed by atoms with E-state index < -0.39 is 0 Å². The third kappa shape index (κ3) is 5.24. The first-order valence-electron chi connectivity index (χ1n) is 9.27. The standard InChI is InChI=1S/C21H24N4O4S/c1-14(29-16-8-6-5-7-9-16)20-23-24-21(25(20)2)30-13-19(26)22-15-10-11-17(27-3)18(12-15)28-4/h5-12,14H,13H2,1-4H3,(H,22,26)/t14-/m0/s1. The molecule has 1 aromatic heterocycles. The van der Waals surface area contributed by atoms with Gasteiger partial charge in [0.05, 0.1) is 20.0 Å². The molecule has 3 rings (SSSR count). The number of thioether (sulfide) groups is 1. The number of methoxy groups -OCH3 is 2. The highest BCUT2D eigenvalue weighted by Crippen LogP contribution is 2.30. The number of rotatable bonds is 9. The highest BCUT2D eigenvalue weighted by molar-refractivity contribution is 7.99. The molecule has 3 aromatic rings. The average molecular weight is 429 g/mol. The molecule has 1 atom stereocenters. The molecule has 0 bridgehead atoms. The monoisotopic (exact) mass is 428 g/mol. The first kappa shape index (κ1) is 21.5. The van der Waals surface area contributed by atoms with Crippen molar-refractivity contribution in [3.63, 3.8) is 0 Å². The molecule has 158 valence electrons. The number of nitrogens with zero attached hydrogens (tertiary/aromatic N) is 3. The largest absolute Gasteiger partial charge is 0.493 e. The SMILES string of the molecule is COc1ccc(NC(=O)CSc2nnc([C@H](C)Oc3ccccc3)n2C)cc1OC. The van der Waals surface area contributed by atoms with Crippen molar-refractivity contribution in [2.75, 3.05) is 25.3 Å².